The number of ether oxygens (including phenoxy) is 1. The molecule has 2 atom stereocenters. The van der Waals surface area contributed by atoms with Gasteiger partial charge in [-0.15, -0.1) is 0 Å². The summed E-state index contributed by atoms with van der Waals surface area (Å²) in [6, 6.07) is 0. The highest BCUT2D eigenvalue weighted by molar-refractivity contribution is 5.81. The summed E-state index contributed by atoms with van der Waals surface area (Å²) in [4.78, 5) is 11.5. The van der Waals surface area contributed by atoms with E-state index in [9.17, 15) is 9.18 Å². The Balaban J connectivity index is 1.88. The Bertz CT molecular complexity index is 360. The average Bonchev–Trinajstić information content (AvgIpc) is 2.24. The summed E-state index contributed by atoms with van der Waals surface area (Å²) in [7, 11) is 0. The molecule has 0 aromatic carbocycles. The number of hydrogen-bond acceptors (Lipinski definition) is 2. The van der Waals surface area contributed by atoms with Crippen LogP contribution in [0.1, 0.15) is 39.0 Å². The molecule has 0 aliphatic heterocycles. The van der Waals surface area contributed by atoms with Gasteiger partial charge in [-0.05, 0) is 44.9 Å². The van der Waals surface area contributed by atoms with Crippen molar-refractivity contribution in [2.24, 2.45) is 17.8 Å². The minimum Gasteiger partial charge on any atom is -0.456 e. The fraction of sp³-hybridized carbons (Fsp3) is 0.786. The molecule has 4 bridgehead atoms. The molecule has 4 fully saturated rings. The smallest absolute Gasteiger partial charge is 0.330 e. The van der Waals surface area contributed by atoms with Crippen molar-refractivity contribution < 1.29 is 13.9 Å². The monoisotopic (exact) mass is 238 g/mol. The van der Waals surface area contributed by atoms with E-state index in [-0.39, 0.29) is 17.8 Å². The fourth-order valence-corrected chi connectivity index (χ4v) is 4.52. The van der Waals surface area contributed by atoms with E-state index in [2.05, 4.69) is 6.58 Å². The Labute approximate surface area is 101 Å². The molecular formula is C14H19FO2. The van der Waals surface area contributed by atoms with Crippen LogP contribution in [0.4, 0.5) is 4.39 Å². The van der Waals surface area contributed by atoms with Gasteiger partial charge in [0.2, 0.25) is 0 Å². The first-order valence-corrected chi connectivity index (χ1v) is 6.49. The Morgan fingerprint density at radius 3 is 2.41 bits per heavy atom. The van der Waals surface area contributed by atoms with Gasteiger partial charge in [-0.2, -0.15) is 0 Å². The molecule has 3 heteroatoms. The lowest BCUT2D eigenvalue weighted by molar-refractivity contribution is -0.217. The standard InChI is InChI=1S/C14H19FO2/c1-3-12(16)17-13(2)10-4-9-5-11(13)8-14(15,6-9)7-10/h3,9-11H,1,4-8H2,2H3. The topological polar surface area (TPSA) is 26.3 Å². The molecule has 0 spiro atoms. The molecule has 0 aromatic heterocycles. The molecule has 4 rings (SSSR count). The molecule has 2 unspecified atom stereocenters. The van der Waals surface area contributed by atoms with Gasteiger partial charge < -0.3 is 4.74 Å². The minimum absolute atomic E-state index is 0.197. The zero-order valence-electron chi connectivity index (χ0n) is 10.2. The lowest BCUT2D eigenvalue weighted by atomic mass is 9.49. The second-order valence-electron chi connectivity index (χ2n) is 6.30. The second kappa shape index (κ2) is 3.33. The molecule has 4 saturated carbocycles. The van der Waals surface area contributed by atoms with E-state index in [1.807, 2.05) is 6.92 Å². The molecule has 2 nitrogen and oxygen atoms in total. The highest BCUT2D eigenvalue weighted by atomic mass is 19.1. The summed E-state index contributed by atoms with van der Waals surface area (Å²) in [5, 5.41) is 0. The maximum Gasteiger partial charge on any atom is 0.330 e. The number of hydrogen-bond donors (Lipinski definition) is 0. The van der Waals surface area contributed by atoms with Gasteiger partial charge in [0.1, 0.15) is 11.3 Å². The maximum absolute atomic E-state index is 14.5. The number of carbonyl (C=O) groups is 1. The Hall–Kier alpha value is -0.860. The molecule has 0 aromatic rings. The molecule has 0 amide bonds. The zero-order chi connectivity index (χ0) is 12.3. The van der Waals surface area contributed by atoms with Crippen molar-refractivity contribution in [3.63, 3.8) is 0 Å². The van der Waals surface area contributed by atoms with Crippen LogP contribution in [0.2, 0.25) is 0 Å². The molecular weight excluding hydrogens is 219 g/mol. The van der Waals surface area contributed by atoms with Crippen LogP contribution in [-0.2, 0) is 9.53 Å². The fourth-order valence-electron chi connectivity index (χ4n) is 4.52. The molecule has 4 aliphatic rings. The Kier molecular flexibility index (Phi) is 2.20. The highest BCUT2D eigenvalue weighted by Gasteiger charge is 2.62. The zero-order valence-corrected chi connectivity index (χ0v) is 10.2. The van der Waals surface area contributed by atoms with Crippen LogP contribution in [0.3, 0.4) is 0 Å². The predicted octanol–water partition coefficient (Wildman–Crippen LogP) is 3.02. The van der Waals surface area contributed by atoms with Crippen LogP contribution < -0.4 is 0 Å². The van der Waals surface area contributed by atoms with Gasteiger partial charge >= 0.3 is 5.97 Å². The summed E-state index contributed by atoms with van der Waals surface area (Å²) in [5.74, 6) is 0.534. The molecule has 0 N–H and O–H groups in total. The van der Waals surface area contributed by atoms with Crippen LogP contribution in [0, 0.1) is 17.8 Å². The minimum atomic E-state index is -0.976. The van der Waals surface area contributed by atoms with Crippen molar-refractivity contribution in [2.45, 2.75) is 50.3 Å². The number of rotatable bonds is 2. The van der Waals surface area contributed by atoms with E-state index >= 15 is 0 Å². The van der Waals surface area contributed by atoms with E-state index < -0.39 is 11.3 Å². The maximum atomic E-state index is 14.5. The van der Waals surface area contributed by atoms with Crippen LogP contribution in [-0.4, -0.2) is 17.2 Å². The second-order valence-corrected chi connectivity index (χ2v) is 6.30. The summed E-state index contributed by atoms with van der Waals surface area (Å²) >= 11 is 0. The summed E-state index contributed by atoms with van der Waals surface area (Å²) in [6.45, 7) is 5.43. The largest absolute Gasteiger partial charge is 0.456 e. The third-order valence-corrected chi connectivity index (χ3v) is 5.22. The van der Waals surface area contributed by atoms with Crippen LogP contribution in [0.5, 0.6) is 0 Å². The molecule has 17 heavy (non-hydrogen) atoms. The number of halogens is 1. The van der Waals surface area contributed by atoms with Gasteiger partial charge in [0.15, 0.2) is 0 Å². The molecule has 0 saturated heterocycles. The lowest BCUT2D eigenvalue weighted by Gasteiger charge is -2.60. The van der Waals surface area contributed by atoms with Crippen molar-refractivity contribution >= 4 is 5.97 Å². The first-order chi connectivity index (χ1) is 7.95. The predicted molar refractivity (Wildman–Crippen MR) is 62.1 cm³/mol. The van der Waals surface area contributed by atoms with E-state index in [1.54, 1.807) is 0 Å². The molecule has 0 radical (unpaired) electrons. The highest BCUT2D eigenvalue weighted by Crippen LogP contribution is 2.62. The van der Waals surface area contributed by atoms with E-state index in [4.69, 9.17) is 4.74 Å². The van der Waals surface area contributed by atoms with Gasteiger partial charge in [-0.1, -0.05) is 6.58 Å². The number of carbonyl (C=O) groups excluding carboxylic acids is 1. The summed E-state index contributed by atoms with van der Waals surface area (Å²) in [5.41, 5.74) is -1.44. The van der Waals surface area contributed by atoms with Crippen molar-refractivity contribution in [1.29, 1.82) is 0 Å². The van der Waals surface area contributed by atoms with E-state index in [0.717, 1.165) is 19.3 Å². The van der Waals surface area contributed by atoms with E-state index in [0.29, 0.717) is 18.8 Å². The van der Waals surface area contributed by atoms with Crippen molar-refractivity contribution in [3.05, 3.63) is 12.7 Å². The van der Waals surface area contributed by atoms with Gasteiger partial charge in [0.05, 0.1) is 0 Å². The SMILES string of the molecule is C=CC(=O)OC1(C)C2CC3CC1CC(F)(C3)C2. The van der Waals surface area contributed by atoms with Crippen LogP contribution >= 0.6 is 0 Å². The number of alkyl halides is 1. The van der Waals surface area contributed by atoms with Crippen LogP contribution in [0.15, 0.2) is 12.7 Å². The quantitative estimate of drug-likeness (QED) is 0.546. The van der Waals surface area contributed by atoms with Gasteiger partial charge in [0.25, 0.3) is 0 Å². The normalized spacial score (nSPS) is 51.3. The number of esters is 1. The van der Waals surface area contributed by atoms with Gasteiger partial charge in [-0.25, -0.2) is 9.18 Å². The average molecular weight is 238 g/mol. The Morgan fingerprint density at radius 1 is 1.35 bits per heavy atom. The Morgan fingerprint density at radius 2 is 1.94 bits per heavy atom. The van der Waals surface area contributed by atoms with Gasteiger partial charge in [-0.3, -0.25) is 0 Å². The third-order valence-electron chi connectivity index (χ3n) is 5.22. The molecule has 0 heterocycles. The molecule has 94 valence electrons. The lowest BCUT2D eigenvalue weighted by Crippen LogP contribution is -2.62. The summed E-state index contributed by atoms with van der Waals surface area (Å²) < 4.78 is 20.1. The third kappa shape index (κ3) is 1.54. The first kappa shape index (κ1) is 11.2. The van der Waals surface area contributed by atoms with Crippen LogP contribution in [0.25, 0.3) is 0 Å². The molecule has 4 aliphatic carbocycles. The summed E-state index contributed by atoms with van der Waals surface area (Å²) in [6.07, 6.45) is 5.11. The van der Waals surface area contributed by atoms with Crippen molar-refractivity contribution in [3.8, 4) is 0 Å². The first-order valence-electron chi connectivity index (χ1n) is 6.49. The van der Waals surface area contributed by atoms with Gasteiger partial charge in [0, 0.05) is 17.9 Å². The van der Waals surface area contributed by atoms with Crippen molar-refractivity contribution in [1.82, 2.24) is 0 Å². The van der Waals surface area contributed by atoms with E-state index in [1.165, 1.54) is 6.08 Å². The van der Waals surface area contributed by atoms with Crippen molar-refractivity contribution in [2.75, 3.05) is 0 Å².